The highest BCUT2D eigenvalue weighted by Gasteiger charge is 2.35. The minimum absolute atomic E-state index is 0.0608. The van der Waals surface area contributed by atoms with Crippen molar-refractivity contribution in [2.45, 2.75) is 32.2 Å². The molecular formula is C15H21N3O3. The summed E-state index contributed by atoms with van der Waals surface area (Å²) in [6, 6.07) is 5.14. The van der Waals surface area contributed by atoms with Gasteiger partial charge >= 0.3 is 0 Å². The summed E-state index contributed by atoms with van der Waals surface area (Å²) in [5.74, 6) is 0.273. The molecule has 6 heteroatoms. The molecule has 6 nitrogen and oxygen atoms in total. The van der Waals surface area contributed by atoms with Gasteiger partial charge in [0.15, 0.2) is 0 Å². The van der Waals surface area contributed by atoms with E-state index in [1.807, 2.05) is 6.92 Å². The molecule has 1 aromatic carbocycles. The molecule has 0 bridgehead atoms. The van der Waals surface area contributed by atoms with Gasteiger partial charge in [0.25, 0.3) is 0 Å². The zero-order valence-corrected chi connectivity index (χ0v) is 12.6. The standard InChI is InChI=1S/C15H21N3O3/c1-10(19)17-12-6-5-11(9-13(12)21-3)18-14(20)15(2)7-4-8-16-15/h5-6,9,16H,4,7-8H2,1-3H3,(H,17,19)(H,18,20). The van der Waals surface area contributed by atoms with Gasteiger partial charge in [-0.25, -0.2) is 0 Å². The van der Waals surface area contributed by atoms with Crippen LogP contribution < -0.4 is 20.7 Å². The highest BCUT2D eigenvalue weighted by molar-refractivity contribution is 5.99. The van der Waals surface area contributed by atoms with E-state index in [9.17, 15) is 9.59 Å². The molecule has 1 heterocycles. The highest BCUT2D eigenvalue weighted by atomic mass is 16.5. The monoisotopic (exact) mass is 291 g/mol. The number of methoxy groups -OCH3 is 1. The van der Waals surface area contributed by atoms with Crippen LogP contribution in [0.2, 0.25) is 0 Å². The number of hydrogen-bond acceptors (Lipinski definition) is 4. The summed E-state index contributed by atoms with van der Waals surface area (Å²) in [5.41, 5.74) is 0.692. The van der Waals surface area contributed by atoms with E-state index in [-0.39, 0.29) is 11.8 Å². The fourth-order valence-electron chi connectivity index (χ4n) is 2.42. The smallest absolute Gasteiger partial charge is 0.244 e. The minimum Gasteiger partial charge on any atom is -0.494 e. The molecule has 1 aliphatic heterocycles. The van der Waals surface area contributed by atoms with Gasteiger partial charge in [-0.3, -0.25) is 9.59 Å². The van der Waals surface area contributed by atoms with Crippen LogP contribution in [-0.2, 0) is 9.59 Å². The molecule has 0 aliphatic carbocycles. The molecule has 21 heavy (non-hydrogen) atoms. The fraction of sp³-hybridized carbons (Fsp3) is 0.467. The van der Waals surface area contributed by atoms with Crippen molar-refractivity contribution in [3.05, 3.63) is 18.2 Å². The first kappa shape index (κ1) is 15.3. The fourth-order valence-corrected chi connectivity index (χ4v) is 2.42. The molecule has 114 valence electrons. The first-order valence-corrected chi connectivity index (χ1v) is 6.97. The molecular weight excluding hydrogens is 270 g/mol. The van der Waals surface area contributed by atoms with E-state index in [2.05, 4.69) is 16.0 Å². The van der Waals surface area contributed by atoms with Crippen molar-refractivity contribution in [2.75, 3.05) is 24.3 Å². The maximum absolute atomic E-state index is 12.3. The second kappa shape index (κ2) is 6.13. The quantitative estimate of drug-likeness (QED) is 0.789. The Hall–Kier alpha value is -2.08. The zero-order chi connectivity index (χ0) is 15.5. The molecule has 1 fully saturated rings. The molecule has 1 aromatic rings. The van der Waals surface area contributed by atoms with Gasteiger partial charge in [0.2, 0.25) is 11.8 Å². The molecule has 1 aliphatic rings. The van der Waals surface area contributed by atoms with E-state index in [0.29, 0.717) is 17.1 Å². The summed E-state index contributed by atoms with van der Waals surface area (Å²) in [5, 5.41) is 8.78. The second-order valence-corrected chi connectivity index (χ2v) is 5.41. The lowest BCUT2D eigenvalue weighted by atomic mass is 9.99. The summed E-state index contributed by atoms with van der Waals surface area (Å²) in [4.78, 5) is 23.4. The Kier molecular flexibility index (Phi) is 4.47. The third-order valence-electron chi connectivity index (χ3n) is 3.64. The van der Waals surface area contributed by atoms with E-state index in [0.717, 1.165) is 19.4 Å². The number of hydrogen-bond donors (Lipinski definition) is 3. The normalized spacial score (nSPS) is 20.9. The lowest BCUT2D eigenvalue weighted by molar-refractivity contribution is -0.121. The lowest BCUT2D eigenvalue weighted by Crippen LogP contribution is -2.47. The first-order chi connectivity index (χ1) is 9.94. The molecule has 2 rings (SSSR count). The molecule has 3 N–H and O–H groups in total. The number of carbonyl (C=O) groups is 2. The SMILES string of the molecule is COc1cc(NC(=O)C2(C)CCCN2)ccc1NC(C)=O. The van der Waals surface area contributed by atoms with Gasteiger partial charge in [0.1, 0.15) is 5.75 Å². The number of rotatable bonds is 4. The molecule has 1 atom stereocenters. The summed E-state index contributed by atoms with van der Waals surface area (Å²) in [7, 11) is 1.52. The van der Waals surface area contributed by atoms with Crippen LogP contribution in [0.1, 0.15) is 26.7 Å². The topological polar surface area (TPSA) is 79.5 Å². The Bertz CT molecular complexity index is 551. The van der Waals surface area contributed by atoms with Gasteiger partial charge in [-0.1, -0.05) is 0 Å². The molecule has 1 saturated heterocycles. The Balaban J connectivity index is 2.13. The third-order valence-corrected chi connectivity index (χ3v) is 3.64. The average molecular weight is 291 g/mol. The number of ether oxygens (including phenoxy) is 1. The van der Waals surface area contributed by atoms with Crippen LogP contribution in [0.5, 0.6) is 5.75 Å². The third kappa shape index (κ3) is 3.52. The van der Waals surface area contributed by atoms with Gasteiger partial charge in [-0.15, -0.1) is 0 Å². The predicted molar refractivity (Wildman–Crippen MR) is 81.6 cm³/mol. The minimum atomic E-state index is -0.524. The van der Waals surface area contributed by atoms with Crippen LogP contribution in [0, 0.1) is 0 Å². The van der Waals surface area contributed by atoms with Crippen LogP contribution in [0.15, 0.2) is 18.2 Å². The van der Waals surface area contributed by atoms with Crippen molar-refractivity contribution in [3.63, 3.8) is 0 Å². The van der Waals surface area contributed by atoms with Crippen molar-refractivity contribution in [1.82, 2.24) is 5.32 Å². The lowest BCUT2D eigenvalue weighted by Gasteiger charge is -2.23. The van der Waals surface area contributed by atoms with Gasteiger partial charge in [0.05, 0.1) is 18.3 Å². The van der Waals surface area contributed by atoms with E-state index in [1.54, 1.807) is 18.2 Å². The largest absolute Gasteiger partial charge is 0.494 e. The molecule has 1 unspecified atom stereocenters. The van der Waals surface area contributed by atoms with Gasteiger partial charge in [0, 0.05) is 18.7 Å². The van der Waals surface area contributed by atoms with E-state index >= 15 is 0 Å². The number of carbonyl (C=O) groups excluding carboxylic acids is 2. The highest BCUT2D eigenvalue weighted by Crippen LogP contribution is 2.29. The number of amides is 2. The average Bonchev–Trinajstić information content (AvgIpc) is 2.88. The van der Waals surface area contributed by atoms with Crippen LogP contribution in [-0.4, -0.2) is 31.0 Å². The summed E-state index contributed by atoms with van der Waals surface area (Å²) >= 11 is 0. The van der Waals surface area contributed by atoms with Gasteiger partial charge < -0.3 is 20.7 Å². The number of benzene rings is 1. The predicted octanol–water partition coefficient (Wildman–Crippen LogP) is 1.73. The van der Waals surface area contributed by atoms with Crippen molar-refractivity contribution in [3.8, 4) is 5.75 Å². The van der Waals surface area contributed by atoms with Gasteiger partial charge in [-0.2, -0.15) is 0 Å². The Morgan fingerprint density at radius 1 is 1.33 bits per heavy atom. The maximum atomic E-state index is 12.3. The molecule has 0 radical (unpaired) electrons. The summed E-state index contributed by atoms with van der Waals surface area (Å²) in [6.07, 6.45) is 1.81. The molecule has 0 aromatic heterocycles. The number of anilines is 2. The summed E-state index contributed by atoms with van der Waals surface area (Å²) in [6.45, 7) is 4.19. The van der Waals surface area contributed by atoms with Crippen molar-refractivity contribution in [1.29, 1.82) is 0 Å². The molecule has 0 spiro atoms. The van der Waals surface area contributed by atoms with Crippen LogP contribution >= 0.6 is 0 Å². The Labute approximate surface area is 124 Å². The summed E-state index contributed by atoms with van der Waals surface area (Å²) < 4.78 is 5.24. The van der Waals surface area contributed by atoms with Gasteiger partial charge in [-0.05, 0) is 38.4 Å². The van der Waals surface area contributed by atoms with Crippen LogP contribution in [0.4, 0.5) is 11.4 Å². The Morgan fingerprint density at radius 2 is 2.10 bits per heavy atom. The second-order valence-electron chi connectivity index (χ2n) is 5.41. The van der Waals surface area contributed by atoms with Crippen molar-refractivity contribution < 1.29 is 14.3 Å². The van der Waals surface area contributed by atoms with E-state index < -0.39 is 5.54 Å². The van der Waals surface area contributed by atoms with Crippen molar-refractivity contribution >= 4 is 23.2 Å². The molecule has 2 amide bonds. The van der Waals surface area contributed by atoms with E-state index in [4.69, 9.17) is 4.74 Å². The Morgan fingerprint density at radius 3 is 2.67 bits per heavy atom. The first-order valence-electron chi connectivity index (χ1n) is 6.97. The van der Waals surface area contributed by atoms with Crippen LogP contribution in [0.3, 0.4) is 0 Å². The molecule has 0 saturated carbocycles. The van der Waals surface area contributed by atoms with Crippen LogP contribution in [0.25, 0.3) is 0 Å². The number of nitrogens with one attached hydrogen (secondary N) is 3. The maximum Gasteiger partial charge on any atom is 0.244 e. The zero-order valence-electron chi connectivity index (χ0n) is 12.6. The van der Waals surface area contributed by atoms with Crippen molar-refractivity contribution in [2.24, 2.45) is 0 Å². The van der Waals surface area contributed by atoms with E-state index in [1.165, 1.54) is 14.0 Å².